The number of esters is 1. The molecule has 0 aliphatic carbocycles. The number of ether oxygens (including phenoxy) is 1. The molecule has 0 saturated carbocycles. The van der Waals surface area contributed by atoms with E-state index in [1.54, 1.807) is 13.0 Å². The topological polar surface area (TPSA) is 66.8 Å². The van der Waals surface area contributed by atoms with Gasteiger partial charge in [-0.25, -0.2) is 4.79 Å². The van der Waals surface area contributed by atoms with Crippen LogP contribution in [0.15, 0.2) is 6.08 Å². The van der Waals surface area contributed by atoms with E-state index in [1.165, 1.54) is 6.08 Å². The first-order chi connectivity index (χ1) is 13.9. The summed E-state index contributed by atoms with van der Waals surface area (Å²) in [5, 5.41) is 2.94. The van der Waals surface area contributed by atoms with Crippen LogP contribution in [0, 0.1) is 13.8 Å². The Morgan fingerprint density at radius 1 is 1.10 bits per heavy atom. The number of nitrogens with zero attached hydrogens (tertiary/aromatic N) is 3. The molecule has 0 unspecified atom stereocenters. The molecular formula is C22H36N4O3. The lowest BCUT2D eigenvalue weighted by atomic mass is 10.1. The molecule has 29 heavy (non-hydrogen) atoms. The van der Waals surface area contributed by atoms with Gasteiger partial charge in [0.15, 0.2) is 0 Å². The zero-order valence-electron chi connectivity index (χ0n) is 18.6. The second kappa shape index (κ2) is 11.2. The van der Waals surface area contributed by atoms with Crippen LogP contribution in [0.3, 0.4) is 0 Å². The first kappa shape index (κ1) is 23.2. The maximum Gasteiger partial charge on any atom is 0.340 e. The molecule has 0 spiro atoms. The van der Waals surface area contributed by atoms with Gasteiger partial charge in [-0.05, 0) is 53.8 Å². The Morgan fingerprint density at radius 3 is 2.41 bits per heavy atom. The van der Waals surface area contributed by atoms with Crippen LogP contribution in [0.5, 0.6) is 0 Å². The van der Waals surface area contributed by atoms with Gasteiger partial charge in [0, 0.05) is 62.3 Å². The minimum Gasteiger partial charge on any atom is -0.462 e. The van der Waals surface area contributed by atoms with Gasteiger partial charge in [0.2, 0.25) is 5.91 Å². The van der Waals surface area contributed by atoms with E-state index in [0.29, 0.717) is 18.7 Å². The van der Waals surface area contributed by atoms with Gasteiger partial charge in [0.25, 0.3) is 0 Å². The summed E-state index contributed by atoms with van der Waals surface area (Å²) in [5.41, 5.74) is 3.14. The van der Waals surface area contributed by atoms with E-state index < -0.39 is 0 Å². The third-order valence-electron chi connectivity index (χ3n) is 5.57. The first-order valence-electron chi connectivity index (χ1n) is 10.6. The summed E-state index contributed by atoms with van der Waals surface area (Å²) in [7, 11) is 2.15. The second-order valence-electron chi connectivity index (χ2n) is 7.55. The number of piperazine rings is 1. The second-order valence-corrected chi connectivity index (χ2v) is 7.55. The smallest absolute Gasteiger partial charge is 0.340 e. The summed E-state index contributed by atoms with van der Waals surface area (Å²) >= 11 is 0. The number of hydrogen-bond donors (Lipinski definition) is 1. The number of rotatable bonds is 9. The van der Waals surface area contributed by atoms with Crippen molar-refractivity contribution in [3.63, 3.8) is 0 Å². The number of carbonyl (C=O) groups is 2. The standard InChI is InChI=1S/C22H36N4O3/c1-6-26-17(3)19(21(18(26)4)22(28)29-7-2)9-10-20(27)23-11-8-12-25-15-13-24(5)14-16-25/h9-10H,6-8,11-16H2,1-5H3,(H,23,27). The van der Waals surface area contributed by atoms with Crippen molar-refractivity contribution in [2.24, 2.45) is 0 Å². The molecule has 1 aromatic rings. The van der Waals surface area contributed by atoms with Gasteiger partial charge in [-0.15, -0.1) is 0 Å². The Hall–Kier alpha value is -2.12. The lowest BCUT2D eigenvalue weighted by Gasteiger charge is -2.32. The molecule has 0 aromatic carbocycles. The van der Waals surface area contributed by atoms with Crippen molar-refractivity contribution in [2.75, 3.05) is 52.9 Å². The fourth-order valence-electron chi connectivity index (χ4n) is 3.85. The number of carbonyl (C=O) groups excluding carboxylic acids is 2. The summed E-state index contributed by atoms with van der Waals surface area (Å²) in [4.78, 5) is 29.4. The predicted octanol–water partition coefficient (Wildman–Crippen LogP) is 2.07. The molecule has 0 radical (unpaired) electrons. The Morgan fingerprint density at radius 2 is 1.79 bits per heavy atom. The lowest BCUT2D eigenvalue weighted by molar-refractivity contribution is -0.116. The molecule has 162 valence electrons. The van der Waals surface area contributed by atoms with Gasteiger partial charge >= 0.3 is 5.97 Å². The Balaban J connectivity index is 1.92. The van der Waals surface area contributed by atoms with Crippen molar-refractivity contribution in [2.45, 2.75) is 40.7 Å². The predicted molar refractivity (Wildman–Crippen MR) is 116 cm³/mol. The van der Waals surface area contributed by atoms with Gasteiger partial charge in [-0.2, -0.15) is 0 Å². The van der Waals surface area contributed by atoms with Crippen molar-refractivity contribution in [1.82, 2.24) is 19.7 Å². The largest absolute Gasteiger partial charge is 0.462 e. The molecule has 1 fully saturated rings. The third-order valence-corrected chi connectivity index (χ3v) is 5.57. The normalized spacial score (nSPS) is 15.8. The van der Waals surface area contributed by atoms with Crippen molar-refractivity contribution in [3.8, 4) is 0 Å². The van der Waals surface area contributed by atoms with E-state index in [4.69, 9.17) is 4.74 Å². The molecule has 7 heteroatoms. The summed E-state index contributed by atoms with van der Waals surface area (Å²) < 4.78 is 7.29. The molecule has 1 aromatic heterocycles. The molecule has 1 saturated heterocycles. The van der Waals surface area contributed by atoms with Crippen LogP contribution in [0.4, 0.5) is 0 Å². The molecule has 1 amide bonds. The number of aromatic nitrogens is 1. The average molecular weight is 405 g/mol. The minimum atomic E-state index is -0.340. The van der Waals surface area contributed by atoms with E-state index in [2.05, 4.69) is 26.7 Å². The molecule has 7 nitrogen and oxygen atoms in total. The van der Waals surface area contributed by atoms with Gasteiger partial charge in [0.05, 0.1) is 12.2 Å². The molecule has 2 rings (SSSR count). The summed E-state index contributed by atoms with van der Waals surface area (Å²) in [6.07, 6.45) is 4.18. The number of hydrogen-bond acceptors (Lipinski definition) is 5. The maximum absolute atomic E-state index is 12.4. The minimum absolute atomic E-state index is 0.139. The third kappa shape index (κ3) is 6.18. The maximum atomic E-state index is 12.4. The first-order valence-corrected chi connectivity index (χ1v) is 10.6. The molecule has 1 aliphatic rings. The highest BCUT2D eigenvalue weighted by atomic mass is 16.5. The Bertz CT molecular complexity index is 731. The SMILES string of the molecule is CCOC(=O)c1c(C=CC(=O)NCCCN2CCN(C)CC2)c(C)n(CC)c1C. The number of likely N-dealkylation sites (N-methyl/N-ethyl adjacent to an activating group) is 1. The summed E-state index contributed by atoms with van der Waals surface area (Å²) in [6.45, 7) is 14.8. The van der Waals surface area contributed by atoms with Gasteiger partial charge in [-0.1, -0.05) is 0 Å². The van der Waals surface area contributed by atoms with Gasteiger partial charge in [0.1, 0.15) is 0 Å². The van der Waals surface area contributed by atoms with Crippen LogP contribution in [0.1, 0.15) is 47.6 Å². The molecular weight excluding hydrogens is 368 g/mol. The molecule has 1 aliphatic heterocycles. The van der Waals surface area contributed by atoms with E-state index >= 15 is 0 Å². The molecule has 0 atom stereocenters. The van der Waals surface area contributed by atoms with Crippen LogP contribution in [-0.2, 0) is 16.1 Å². The van der Waals surface area contributed by atoms with E-state index in [-0.39, 0.29) is 11.9 Å². The molecule has 2 heterocycles. The van der Waals surface area contributed by atoms with Crippen molar-refractivity contribution in [3.05, 3.63) is 28.6 Å². The van der Waals surface area contributed by atoms with Crippen LogP contribution in [0.25, 0.3) is 6.08 Å². The summed E-state index contributed by atoms with van der Waals surface area (Å²) in [5.74, 6) is -0.480. The van der Waals surface area contributed by atoms with E-state index in [9.17, 15) is 9.59 Å². The zero-order valence-corrected chi connectivity index (χ0v) is 18.6. The van der Waals surface area contributed by atoms with Crippen LogP contribution in [-0.4, -0.2) is 79.2 Å². The van der Waals surface area contributed by atoms with Crippen molar-refractivity contribution in [1.29, 1.82) is 0 Å². The average Bonchev–Trinajstić information content (AvgIpc) is 2.94. The van der Waals surface area contributed by atoms with E-state index in [1.807, 2.05) is 20.8 Å². The highest BCUT2D eigenvalue weighted by Crippen LogP contribution is 2.24. The monoisotopic (exact) mass is 404 g/mol. The number of nitrogens with one attached hydrogen (secondary N) is 1. The molecule has 0 bridgehead atoms. The summed E-state index contributed by atoms with van der Waals surface area (Å²) in [6, 6.07) is 0. The van der Waals surface area contributed by atoms with Gasteiger partial charge < -0.3 is 24.4 Å². The van der Waals surface area contributed by atoms with Crippen molar-refractivity contribution >= 4 is 18.0 Å². The van der Waals surface area contributed by atoms with Crippen LogP contribution >= 0.6 is 0 Å². The fraction of sp³-hybridized carbons (Fsp3) is 0.636. The Kier molecular flexibility index (Phi) is 8.92. The van der Waals surface area contributed by atoms with Crippen LogP contribution in [0.2, 0.25) is 0 Å². The number of amides is 1. The lowest BCUT2D eigenvalue weighted by Crippen LogP contribution is -2.45. The highest BCUT2D eigenvalue weighted by molar-refractivity contribution is 5.98. The van der Waals surface area contributed by atoms with Crippen LogP contribution < -0.4 is 5.32 Å². The van der Waals surface area contributed by atoms with E-state index in [0.717, 1.165) is 62.6 Å². The fourth-order valence-corrected chi connectivity index (χ4v) is 3.85. The highest BCUT2D eigenvalue weighted by Gasteiger charge is 2.22. The van der Waals surface area contributed by atoms with Gasteiger partial charge in [-0.3, -0.25) is 4.79 Å². The molecule has 1 N–H and O–H groups in total. The zero-order chi connectivity index (χ0) is 21.4. The van der Waals surface area contributed by atoms with Crippen molar-refractivity contribution < 1.29 is 14.3 Å². The quantitative estimate of drug-likeness (QED) is 0.388. The Labute approximate surface area is 174 Å².